The van der Waals surface area contributed by atoms with Gasteiger partial charge in [-0.25, -0.2) is 9.07 Å². The SMILES string of the molecule is Cc1nc(C(=O)N[C@@H](C)[C@H](Oc2ccc3c(cnn3-c3ccc(F)cc3)c2)c2ccccc2)no1. The van der Waals surface area contributed by atoms with Gasteiger partial charge in [-0.05, 0) is 55.0 Å². The van der Waals surface area contributed by atoms with Gasteiger partial charge in [-0.3, -0.25) is 4.79 Å². The van der Waals surface area contributed by atoms with Gasteiger partial charge in [0, 0.05) is 12.3 Å². The fourth-order valence-corrected chi connectivity index (χ4v) is 3.86. The Morgan fingerprint density at radius 2 is 1.86 bits per heavy atom. The molecule has 1 N–H and O–H groups in total. The van der Waals surface area contributed by atoms with Crippen molar-refractivity contribution in [3.63, 3.8) is 0 Å². The van der Waals surface area contributed by atoms with Crippen molar-refractivity contribution in [2.24, 2.45) is 0 Å². The third-order valence-electron chi connectivity index (χ3n) is 5.55. The van der Waals surface area contributed by atoms with Gasteiger partial charge in [0.1, 0.15) is 17.7 Å². The molecule has 35 heavy (non-hydrogen) atoms. The normalized spacial score (nSPS) is 12.9. The lowest BCUT2D eigenvalue weighted by molar-refractivity contribution is 0.0868. The van der Waals surface area contributed by atoms with Crippen LogP contribution in [0.3, 0.4) is 0 Å². The zero-order valence-corrected chi connectivity index (χ0v) is 19.1. The molecule has 5 aromatic rings. The van der Waals surface area contributed by atoms with Gasteiger partial charge in [-0.2, -0.15) is 10.1 Å². The second-order valence-corrected chi connectivity index (χ2v) is 8.10. The predicted octanol–water partition coefficient (Wildman–Crippen LogP) is 4.79. The quantitative estimate of drug-likeness (QED) is 0.367. The summed E-state index contributed by atoms with van der Waals surface area (Å²) in [5.74, 6) is 0.142. The van der Waals surface area contributed by atoms with Crippen LogP contribution in [-0.2, 0) is 0 Å². The first-order valence-electron chi connectivity index (χ1n) is 11.0. The molecule has 2 aromatic heterocycles. The van der Waals surface area contributed by atoms with Gasteiger partial charge >= 0.3 is 0 Å². The van der Waals surface area contributed by atoms with E-state index in [9.17, 15) is 9.18 Å². The first-order valence-corrected chi connectivity index (χ1v) is 11.0. The molecule has 1 amide bonds. The molecule has 9 heteroatoms. The monoisotopic (exact) mass is 471 g/mol. The molecule has 176 valence electrons. The number of nitrogens with zero attached hydrogens (tertiary/aromatic N) is 4. The van der Waals surface area contributed by atoms with Gasteiger partial charge in [-0.15, -0.1) is 0 Å². The van der Waals surface area contributed by atoms with Gasteiger partial charge in [0.05, 0.1) is 23.4 Å². The van der Waals surface area contributed by atoms with E-state index in [1.165, 1.54) is 12.1 Å². The summed E-state index contributed by atoms with van der Waals surface area (Å²) in [6.07, 6.45) is 1.24. The molecule has 0 spiro atoms. The van der Waals surface area contributed by atoms with E-state index < -0.39 is 18.1 Å². The van der Waals surface area contributed by atoms with Gasteiger partial charge in [0.15, 0.2) is 0 Å². The van der Waals surface area contributed by atoms with Crippen LogP contribution >= 0.6 is 0 Å². The molecule has 0 aliphatic heterocycles. The Balaban J connectivity index is 1.41. The maximum atomic E-state index is 13.3. The van der Waals surface area contributed by atoms with Crippen LogP contribution in [0.2, 0.25) is 0 Å². The number of carbonyl (C=O) groups is 1. The van der Waals surface area contributed by atoms with E-state index in [1.54, 1.807) is 29.9 Å². The molecule has 0 saturated heterocycles. The average molecular weight is 471 g/mol. The van der Waals surface area contributed by atoms with Crippen molar-refractivity contribution < 1.29 is 18.4 Å². The molecule has 0 fully saturated rings. The standard InChI is InChI=1S/C26H22FN5O3/c1-16(29-26(33)25-30-17(2)35-31-25)24(18-6-4-3-5-7-18)34-22-12-13-23-19(14-22)15-28-32(23)21-10-8-20(27)9-11-21/h3-16,24H,1-2H3,(H,29,33)/t16-,24-/m0/s1. The summed E-state index contributed by atoms with van der Waals surface area (Å²) >= 11 is 0. The van der Waals surface area contributed by atoms with E-state index in [0.717, 1.165) is 22.2 Å². The van der Waals surface area contributed by atoms with Crippen LogP contribution in [0, 0.1) is 12.7 Å². The second-order valence-electron chi connectivity index (χ2n) is 8.10. The molecule has 2 atom stereocenters. The van der Waals surface area contributed by atoms with Crippen LogP contribution in [-0.4, -0.2) is 31.9 Å². The highest BCUT2D eigenvalue weighted by Crippen LogP contribution is 2.29. The fourth-order valence-electron chi connectivity index (χ4n) is 3.86. The number of hydrogen-bond donors (Lipinski definition) is 1. The predicted molar refractivity (Wildman–Crippen MR) is 127 cm³/mol. The minimum atomic E-state index is -0.488. The molecular formula is C26H22FN5O3. The first kappa shape index (κ1) is 22.3. The smallest absolute Gasteiger partial charge is 0.293 e. The maximum Gasteiger partial charge on any atom is 0.293 e. The molecule has 2 heterocycles. The number of fused-ring (bicyclic) bond motifs is 1. The minimum absolute atomic E-state index is 0.0317. The minimum Gasteiger partial charge on any atom is -0.484 e. The number of ether oxygens (including phenoxy) is 1. The number of carbonyl (C=O) groups excluding carboxylic acids is 1. The topological polar surface area (TPSA) is 95.1 Å². The fraction of sp³-hybridized carbons (Fsp3) is 0.154. The highest BCUT2D eigenvalue weighted by molar-refractivity contribution is 5.90. The number of halogens is 1. The Labute approximate surface area is 200 Å². The van der Waals surface area contributed by atoms with E-state index in [1.807, 2.05) is 55.5 Å². The number of aryl methyl sites for hydroxylation is 1. The van der Waals surface area contributed by atoms with Gasteiger partial charge < -0.3 is 14.6 Å². The molecule has 0 radical (unpaired) electrons. The van der Waals surface area contributed by atoms with Crippen LogP contribution < -0.4 is 10.1 Å². The first-order chi connectivity index (χ1) is 17.0. The third kappa shape index (κ3) is 4.74. The van der Waals surface area contributed by atoms with Crippen molar-refractivity contribution in [2.75, 3.05) is 0 Å². The number of hydrogen-bond acceptors (Lipinski definition) is 6. The number of rotatable bonds is 7. The Hall–Kier alpha value is -4.53. The molecule has 3 aromatic carbocycles. The molecule has 0 aliphatic carbocycles. The zero-order valence-electron chi connectivity index (χ0n) is 19.1. The molecule has 0 saturated carbocycles. The Morgan fingerprint density at radius 3 is 2.57 bits per heavy atom. The van der Waals surface area contributed by atoms with Crippen molar-refractivity contribution in [3.05, 3.63) is 102 Å². The van der Waals surface area contributed by atoms with Gasteiger partial charge in [0.2, 0.25) is 5.89 Å². The lowest BCUT2D eigenvalue weighted by Gasteiger charge is -2.26. The summed E-state index contributed by atoms with van der Waals surface area (Å²) < 4.78 is 26.3. The lowest BCUT2D eigenvalue weighted by Crippen LogP contribution is -2.39. The second kappa shape index (κ2) is 9.38. The lowest BCUT2D eigenvalue weighted by atomic mass is 10.0. The number of nitrogens with one attached hydrogen (secondary N) is 1. The average Bonchev–Trinajstić information content (AvgIpc) is 3.49. The van der Waals surface area contributed by atoms with Crippen molar-refractivity contribution in [3.8, 4) is 11.4 Å². The number of aromatic nitrogens is 4. The van der Waals surface area contributed by atoms with Crippen molar-refractivity contribution in [1.82, 2.24) is 25.2 Å². The molecule has 0 bridgehead atoms. The van der Waals surface area contributed by atoms with E-state index >= 15 is 0 Å². The van der Waals surface area contributed by atoms with Gasteiger partial charge in [-0.1, -0.05) is 35.5 Å². The number of amides is 1. The van der Waals surface area contributed by atoms with Crippen LogP contribution in [0.4, 0.5) is 4.39 Å². The Morgan fingerprint density at radius 1 is 1.09 bits per heavy atom. The number of benzene rings is 3. The largest absolute Gasteiger partial charge is 0.484 e. The summed E-state index contributed by atoms with van der Waals surface area (Å²) in [6.45, 7) is 3.48. The van der Waals surface area contributed by atoms with Crippen LogP contribution in [0.1, 0.15) is 35.1 Å². The van der Waals surface area contributed by atoms with E-state index in [4.69, 9.17) is 9.26 Å². The van der Waals surface area contributed by atoms with Crippen molar-refractivity contribution in [1.29, 1.82) is 0 Å². The van der Waals surface area contributed by atoms with Crippen LogP contribution in [0.25, 0.3) is 16.6 Å². The van der Waals surface area contributed by atoms with Crippen LogP contribution in [0.5, 0.6) is 5.75 Å². The molecule has 0 aliphatic rings. The van der Waals surface area contributed by atoms with E-state index in [2.05, 4.69) is 20.6 Å². The third-order valence-corrected chi connectivity index (χ3v) is 5.55. The summed E-state index contributed by atoms with van der Waals surface area (Å²) in [5.41, 5.74) is 2.51. The molecular weight excluding hydrogens is 449 g/mol. The zero-order chi connectivity index (χ0) is 24.4. The Bertz CT molecular complexity index is 1460. The molecule has 8 nitrogen and oxygen atoms in total. The summed E-state index contributed by atoms with van der Waals surface area (Å²) in [5, 5.41) is 11.9. The van der Waals surface area contributed by atoms with Crippen molar-refractivity contribution >= 4 is 16.8 Å². The summed E-state index contributed by atoms with van der Waals surface area (Å²) in [4.78, 5) is 16.6. The maximum absolute atomic E-state index is 13.3. The highest BCUT2D eigenvalue weighted by Gasteiger charge is 2.25. The van der Waals surface area contributed by atoms with Crippen LogP contribution in [0.15, 0.2) is 83.5 Å². The summed E-state index contributed by atoms with van der Waals surface area (Å²) in [6, 6.07) is 21.0. The highest BCUT2D eigenvalue weighted by atomic mass is 19.1. The molecule has 5 rings (SSSR count). The Kier molecular flexibility index (Phi) is 5.97. The molecule has 0 unspecified atom stereocenters. The van der Waals surface area contributed by atoms with E-state index in [-0.39, 0.29) is 11.6 Å². The van der Waals surface area contributed by atoms with E-state index in [0.29, 0.717) is 11.6 Å². The van der Waals surface area contributed by atoms with Crippen molar-refractivity contribution in [2.45, 2.75) is 26.0 Å². The van der Waals surface area contributed by atoms with Gasteiger partial charge in [0.25, 0.3) is 11.7 Å². The summed E-state index contributed by atoms with van der Waals surface area (Å²) in [7, 11) is 0.